The van der Waals surface area contributed by atoms with E-state index in [2.05, 4.69) is 39.7 Å². The predicted octanol–water partition coefficient (Wildman–Crippen LogP) is 5.03. The second kappa shape index (κ2) is 13.9. The molecule has 1 aromatic heterocycles. The third kappa shape index (κ3) is 8.40. The van der Waals surface area contributed by atoms with Crippen molar-refractivity contribution in [2.45, 2.75) is 71.5 Å². The van der Waals surface area contributed by atoms with Gasteiger partial charge in [0, 0.05) is 49.7 Å². The normalized spacial score (nSPS) is 11.7. The number of benzene rings is 1. The van der Waals surface area contributed by atoms with Crippen LogP contribution in [0.5, 0.6) is 11.5 Å². The number of imidazole rings is 1. The van der Waals surface area contributed by atoms with Gasteiger partial charge in [0.2, 0.25) is 0 Å². The van der Waals surface area contributed by atoms with Crippen LogP contribution in [0.15, 0.2) is 36.9 Å². The van der Waals surface area contributed by atoms with Crippen LogP contribution in [0.25, 0.3) is 0 Å². The number of rotatable bonds is 14. The number of nitrogens with one attached hydrogen (secondary N) is 1. The highest BCUT2D eigenvalue weighted by molar-refractivity contribution is 7.80. The van der Waals surface area contributed by atoms with E-state index < -0.39 is 0 Å². The van der Waals surface area contributed by atoms with E-state index in [0.717, 1.165) is 54.5 Å². The van der Waals surface area contributed by atoms with Gasteiger partial charge in [0.1, 0.15) is 11.5 Å². The molecule has 172 valence electrons. The molecule has 0 saturated heterocycles. The SMILES string of the molecule is CCCCCC(CC)NC(=S)N(CCCn1ccnc1)Cc1ccc(OC)cc1OC. The highest BCUT2D eigenvalue weighted by atomic mass is 32.1. The van der Waals surface area contributed by atoms with Crippen LogP contribution in [0.4, 0.5) is 0 Å². The molecule has 0 spiro atoms. The van der Waals surface area contributed by atoms with Gasteiger partial charge in [0.05, 0.1) is 20.5 Å². The molecule has 0 amide bonds. The van der Waals surface area contributed by atoms with E-state index in [4.69, 9.17) is 21.7 Å². The van der Waals surface area contributed by atoms with E-state index in [1.807, 2.05) is 30.9 Å². The number of ether oxygens (including phenoxy) is 2. The lowest BCUT2D eigenvalue weighted by atomic mass is 10.1. The molecule has 0 aliphatic rings. The third-order valence-corrected chi connectivity index (χ3v) is 5.90. The molecule has 1 N–H and O–H groups in total. The van der Waals surface area contributed by atoms with E-state index in [1.165, 1.54) is 19.3 Å². The fourth-order valence-corrected chi connectivity index (χ4v) is 3.91. The topological polar surface area (TPSA) is 51.6 Å². The maximum Gasteiger partial charge on any atom is 0.169 e. The number of thiocarbonyl (C=S) groups is 1. The Labute approximate surface area is 192 Å². The summed E-state index contributed by atoms with van der Waals surface area (Å²) in [6.45, 7) is 6.91. The zero-order chi connectivity index (χ0) is 22.5. The van der Waals surface area contributed by atoms with Crippen molar-refractivity contribution >= 4 is 17.3 Å². The highest BCUT2D eigenvalue weighted by Crippen LogP contribution is 2.26. The molecule has 1 heterocycles. The Morgan fingerprint density at radius 1 is 1.19 bits per heavy atom. The van der Waals surface area contributed by atoms with Gasteiger partial charge < -0.3 is 24.3 Å². The van der Waals surface area contributed by atoms with Crippen LogP contribution in [-0.2, 0) is 13.1 Å². The van der Waals surface area contributed by atoms with Gasteiger partial charge in [-0.05, 0) is 43.6 Å². The fraction of sp³-hybridized carbons (Fsp3) is 0.583. The lowest BCUT2D eigenvalue weighted by Crippen LogP contribution is -2.44. The minimum absolute atomic E-state index is 0.410. The summed E-state index contributed by atoms with van der Waals surface area (Å²) in [5.74, 6) is 1.60. The van der Waals surface area contributed by atoms with Crippen molar-refractivity contribution in [2.24, 2.45) is 0 Å². The first-order chi connectivity index (χ1) is 15.1. The van der Waals surface area contributed by atoms with Gasteiger partial charge in [-0.1, -0.05) is 33.1 Å². The van der Waals surface area contributed by atoms with Gasteiger partial charge >= 0.3 is 0 Å². The Balaban J connectivity index is 2.08. The minimum atomic E-state index is 0.410. The summed E-state index contributed by atoms with van der Waals surface area (Å²) in [7, 11) is 3.36. The van der Waals surface area contributed by atoms with E-state index in [-0.39, 0.29) is 0 Å². The van der Waals surface area contributed by atoms with Crippen LogP contribution in [0.1, 0.15) is 57.9 Å². The number of hydrogen-bond acceptors (Lipinski definition) is 4. The largest absolute Gasteiger partial charge is 0.497 e. The molecule has 2 rings (SSSR count). The van der Waals surface area contributed by atoms with Crippen molar-refractivity contribution in [1.82, 2.24) is 19.8 Å². The maximum atomic E-state index is 5.87. The van der Waals surface area contributed by atoms with Crippen LogP contribution in [0.3, 0.4) is 0 Å². The molecule has 0 aliphatic carbocycles. The summed E-state index contributed by atoms with van der Waals surface area (Å²) >= 11 is 5.87. The van der Waals surface area contributed by atoms with E-state index >= 15 is 0 Å². The van der Waals surface area contributed by atoms with Crippen molar-refractivity contribution in [3.8, 4) is 11.5 Å². The first-order valence-corrected chi connectivity index (χ1v) is 11.7. The lowest BCUT2D eigenvalue weighted by molar-refractivity contribution is 0.354. The third-order valence-electron chi connectivity index (χ3n) is 5.52. The fourth-order valence-electron chi connectivity index (χ4n) is 3.59. The Morgan fingerprint density at radius 3 is 2.68 bits per heavy atom. The monoisotopic (exact) mass is 446 g/mol. The van der Waals surface area contributed by atoms with Gasteiger partial charge in [0.25, 0.3) is 0 Å². The molecule has 1 aromatic carbocycles. The molecule has 7 heteroatoms. The first kappa shape index (κ1) is 25.0. The van der Waals surface area contributed by atoms with E-state index in [0.29, 0.717) is 12.6 Å². The molecule has 0 aliphatic heterocycles. The van der Waals surface area contributed by atoms with Crippen LogP contribution < -0.4 is 14.8 Å². The second-order valence-corrected chi connectivity index (χ2v) is 8.19. The molecule has 0 bridgehead atoms. The Morgan fingerprint density at radius 2 is 2.03 bits per heavy atom. The maximum absolute atomic E-state index is 5.87. The van der Waals surface area contributed by atoms with Gasteiger partial charge in [0.15, 0.2) is 5.11 Å². The number of nitrogens with zero attached hydrogens (tertiary/aromatic N) is 3. The van der Waals surface area contributed by atoms with Gasteiger partial charge in [-0.15, -0.1) is 0 Å². The second-order valence-electron chi connectivity index (χ2n) is 7.80. The molecule has 6 nitrogen and oxygen atoms in total. The molecule has 1 unspecified atom stereocenters. The van der Waals surface area contributed by atoms with Crippen molar-refractivity contribution in [1.29, 1.82) is 0 Å². The summed E-state index contributed by atoms with van der Waals surface area (Å²) in [4.78, 5) is 6.38. The minimum Gasteiger partial charge on any atom is -0.497 e. The smallest absolute Gasteiger partial charge is 0.169 e. The number of methoxy groups -OCH3 is 2. The molecular formula is C24H38N4O2S. The molecule has 0 saturated carbocycles. The summed E-state index contributed by atoms with van der Waals surface area (Å²) in [5, 5.41) is 4.43. The van der Waals surface area contributed by atoms with Crippen LogP contribution in [0, 0.1) is 0 Å². The molecule has 1 atom stereocenters. The highest BCUT2D eigenvalue weighted by Gasteiger charge is 2.16. The van der Waals surface area contributed by atoms with Crippen LogP contribution in [0.2, 0.25) is 0 Å². The summed E-state index contributed by atoms with van der Waals surface area (Å²) in [6.07, 6.45) is 12.6. The zero-order valence-electron chi connectivity index (χ0n) is 19.5. The van der Waals surface area contributed by atoms with Gasteiger partial charge in [-0.25, -0.2) is 4.98 Å². The average Bonchev–Trinajstić information content (AvgIpc) is 3.31. The molecular weight excluding hydrogens is 408 g/mol. The number of aryl methyl sites for hydroxylation is 1. The van der Waals surface area contributed by atoms with Crippen molar-refractivity contribution in [2.75, 3.05) is 20.8 Å². The lowest BCUT2D eigenvalue weighted by Gasteiger charge is -2.30. The average molecular weight is 447 g/mol. The standard InChI is InChI=1S/C24H38N4O2S/c1-5-7-8-10-21(6-2)26-24(31)28(15-9-14-27-16-13-25-19-27)18-20-11-12-22(29-3)17-23(20)30-4/h11-13,16-17,19,21H,5-10,14-15,18H2,1-4H3,(H,26,31). The Kier molecular flexibility index (Phi) is 11.2. The summed E-state index contributed by atoms with van der Waals surface area (Å²) in [5.41, 5.74) is 1.09. The number of hydrogen-bond donors (Lipinski definition) is 1. The molecule has 31 heavy (non-hydrogen) atoms. The van der Waals surface area contributed by atoms with Crippen LogP contribution in [-0.4, -0.2) is 46.4 Å². The predicted molar refractivity (Wildman–Crippen MR) is 131 cm³/mol. The summed E-state index contributed by atoms with van der Waals surface area (Å²) < 4.78 is 13.1. The van der Waals surface area contributed by atoms with Crippen molar-refractivity contribution < 1.29 is 9.47 Å². The first-order valence-electron chi connectivity index (χ1n) is 11.3. The number of unbranched alkanes of at least 4 members (excludes halogenated alkanes) is 2. The zero-order valence-corrected chi connectivity index (χ0v) is 20.3. The van der Waals surface area contributed by atoms with E-state index in [9.17, 15) is 0 Å². The quantitative estimate of drug-likeness (QED) is 0.325. The van der Waals surface area contributed by atoms with Crippen LogP contribution >= 0.6 is 12.2 Å². The van der Waals surface area contributed by atoms with Crippen molar-refractivity contribution in [3.63, 3.8) is 0 Å². The van der Waals surface area contributed by atoms with Gasteiger partial charge in [-0.2, -0.15) is 0 Å². The number of aromatic nitrogens is 2. The van der Waals surface area contributed by atoms with Crippen molar-refractivity contribution in [3.05, 3.63) is 42.5 Å². The molecule has 2 aromatic rings. The Bertz CT molecular complexity index is 767. The Hall–Kier alpha value is -2.28. The molecule has 0 radical (unpaired) electrons. The van der Waals surface area contributed by atoms with E-state index in [1.54, 1.807) is 14.2 Å². The van der Waals surface area contributed by atoms with Gasteiger partial charge in [-0.3, -0.25) is 0 Å². The summed E-state index contributed by atoms with van der Waals surface area (Å²) in [6, 6.07) is 6.36. The molecule has 0 fully saturated rings.